The second-order valence-electron chi connectivity index (χ2n) is 3.92. The van der Waals surface area contributed by atoms with Crippen molar-refractivity contribution in [3.63, 3.8) is 0 Å². The van der Waals surface area contributed by atoms with Crippen molar-refractivity contribution >= 4 is 23.4 Å². The van der Waals surface area contributed by atoms with Gasteiger partial charge in [-0.25, -0.2) is 14.0 Å². The summed E-state index contributed by atoms with van der Waals surface area (Å²) < 4.78 is 22.7. The molecule has 6 nitrogen and oxygen atoms in total. The van der Waals surface area contributed by atoms with Crippen molar-refractivity contribution < 1.29 is 28.2 Å². The number of benzene rings is 1. The summed E-state index contributed by atoms with van der Waals surface area (Å²) in [4.78, 5) is 34.3. The van der Waals surface area contributed by atoms with E-state index in [2.05, 4.69) is 14.8 Å². The van der Waals surface area contributed by atoms with E-state index in [1.165, 1.54) is 19.1 Å². The fraction of sp³-hybridized carbons (Fsp3) is 0.214. The Balaban J connectivity index is 3.27. The minimum Gasteiger partial charge on any atom is -0.466 e. The minimum absolute atomic E-state index is 0.0367. The third kappa shape index (κ3) is 4.13. The Morgan fingerprint density at radius 1 is 1.19 bits per heavy atom. The maximum atomic E-state index is 13.8. The zero-order valence-electron chi connectivity index (χ0n) is 11.7. The van der Waals surface area contributed by atoms with Gasteiger partial charge in [0.05, 0.1) is 26.0 Å². The highest BCUT2D eigenvalue weighted by Crippen LogP contribution is 2.22. The Morgan fingerprint density at radius 2 is 1.86 bits per heavy atom. The molecule has 0 saturated carbocycles. The second-order valence-corrected chi connectivity index (χ2v) is 3.92. The molecule has 0 bridgehead atoms. The van der Waals surface area contributed by atoms with Crippen molar-refractivity contribution in [1.29, 1.82) is 0 Å². The summed E-state index contributed by atoms with van der Waals surface area (Å²) in [6.07, 6.45) is 0.808. The first-order valence-corrected chi connectivity index (χ1v) is 5.85. The third-order valence-corrected chi connectivity index (χ3v) is 2.52. The summed E-state index contributed by atoms with van der Waals surface area (Å²) in [6, 6.07) is 3.86. The quantitative estimate of drug-likeness (QED) is 0.505. The number of rotatable bonds is 5. The number of hydrogen-bond acceptors (Lipinski definition) is 6. The Labute approximate surface area is 120 Å². The van der Waals surface area contributed by atoms with E-state index in [0.29, 0.717) is 0 Å². The van der Waals surface area contributed by atoms with Gasteiger partial charge in [-0.1, -0.05) is 6.07 Å². The first kappa shape index (κ1) is 16.4. The molecule has 0 spiro atoms. The van der Waals surface area contributed by atoms with Gasteiger partial charge in [0.15, 0.2) is 5.78 Å². The Morgan fingerprint density at radius 3 is 2.38 bits per heavy atom. The molecular weight excluding hydrogens is 281 g/mol. The summed E-state index contributed by atoms with van der Waals surface area (Å²) in [5, 5.41) is 2.40. The summed E-state index contributed by atoms with van der Waals surface area (Å²) in [5.41, 5.74) is -0.530. The van der Waals surface area contributed by atoms with Crippen molar-refractivity contribution in [3.05, 3.63) is 41.4 Å². The van der Waals surface area contributed by atoms with Crippen LogP contribution in [0.1, 0.15) is 17.3 Å². The van der Waals surface area contributed by atoms with Gasteiger partial charge in [0.2, 0.25) is 0 Å². The highest BCUT2D eigenvalue weighted by Gasteiger charge is 2.18. The van der Waals surface area contributed by atoms with Crippen LogP contribution in [0.3, 0.4) is 0 Å². The fourth-order valence-corrected chi connectivity index (χ4v) is 1.51. The number of nitrogens with one attached hydrogen (secondary N) is 1. The molecule has 1 aromatic rings. The molecule has 1 N–H and O–H groups in total. The van der Waals surface area contributed by atoms with Gasteiger partial charge >= 0.3 is 11.9 Å². The van der Waals surface area contributed by atoms with E-state index in [-0.39, 0.29) is 16.9 Å². The zero-order chi connectivity index (χ0) is 16.0. The van der Waals surface area contributed by atoms with Crippen LogP contribution in [0.5, 0.6) is 0 Å². The third-order valence-electron chi connectivity index (χ3n) is 2.52. The van der Waals surface area contributed by atoms with E-state index in [9.17, 15) is 18.8 Å². The maximum absolute atomic E-state index is 13.8. The maximum Gasteiger partial charge on any atom is 0.354 e. The number of para-hydroxylation sites is 1. The molecule has 0 aliphatic rings. The molecule has 21 heavy (non-hydrogen) atoms. The Hall–Kier alpha value is -2.70. The predicted molar refractivity (Wildman–Crippen MR) is 72.1 cm³/mol. The average molecular weight is 295 g/mol. The van der Waals surface area contributed by atoms with Gasteiger partial charge in [-0.3, -0.25) is 4.79 Å². The van der Waals surface area contributed by atoms with Crippen molar-refractivity contribution in [2.24, 2.45) is 0 Å². The van der Waals surface area contributed by atoms with Crippen LogP contribution in [0, 0.1) is 5.82 Å². The molecule has 0 heterocycles. The van der Waals surface area contributed by atoms with Gasteiger partial charge in [-0.05, 0) is 19.1 Å². The van der Waals surface area contributed by atoms with Crippen LogP contribution in [-0.2, 0) is 19.1 Å². The minimum atomic E-state index is -0.904. The van der Waals surface area contributed by atoms with E-state index in [4.69, 9.17) is 0 Å². The van der Waals surface area contributed by atoms with E-state index in [1.54, 1.807) is 0 Å². The van der Waals surface area contributed by atoms with Crippen LogP contribution >= 0.6 is 0 Å². The standard InChI is InChI=1S/C14H14FNO5/c1-8(17)9-5-4-6-10(15)13(9)16-11(14(19)21-3)7-12(18)20-2/h4-7,16H,1-3H3/b11-7+. The smallest absolute Gasteiger partial charge is 0.354 e. The molecular formula is C14H14FNO5. The second kappa shape index (κ2) is 7.18. The van der Waals surface area contributed by atoms with Gasteiger partial charge < -0.3 is 14.8 Å². The molecule has 0 aliphatic carbocycles. The van der Waals surface area contributed by atoms with Crippen LogP contribution in [0.15, 0.2) is 30.0 Å². The van der Waals surface area contributed by atoms with Gasteiger partial charge in [-0.15, -0.1) is 0 Å². The number of anilines is 1. The summed E-state index contributed by atoms with van der Waals surface area (Å²) >= 11 is 0. The van der Waals surface area contributed by atoms with Crippen molar-refractivity contribution in [2.45, 2.75) is 6.92 Å². The molecule has 112 valence electrons. The average Bonchev–Trinajstić information content (AvgIpc) is 2.46. The monoisotopic (exact) mass is 295 g/mol. The number of halogens is 1. The van der Waals surface area contributed by atoms with Crippen LogP contribution in [0.4, 0.5) is 10.1 Å². The molecule has 0 saturated heterocycles. The van der Waals surface area contributed by atoms with Crippen molar-refractivity contribution in [1.82, 2.24) is 0 Å². The molecule has 0 amide bonds. The first-order valence-electron chi connectivity index (χ1n) is 5.85. The number of carbonyl (C=O) groups is 3. The van der Waals surface area contributed by atoms with Crippen LogP contribution in [-0.4, -0.2) is 31.9 Å². The lowest BCUT2D eigenvalue weighted by atomic mass is 10.1. The topological polar surface area (TPSA) is 81.7 Å². The predicted octanol–water partition coefficient (Wildman–Crippen LogP) is 1.67. The van der Waals surface area contributed by atoms with Crippen molar-refractivity contribution in [2.75, 3.05) is 19.5 Å². The normalized spacial score (nSPS) is 10.8. The van der Waals surface area contributed by atoms with Crippen LogP contribution in [0.25, 0.3) is 0 Å². The molecule has 0 radical (unpaired) electrons. The Bertz CT molecular complexity index is 609. The van der Waals surface area contributed by atoms with Gasteiger partial charge in [0.25, 0.3) is 0 Å². The summed E-state index contributed by atoms with van der Waals surface area (Å²) in [7, 11) is 2.22. The molecule has 0 unspecified atom stereocenters. The van der Waals surface area contributed by atoms with Crippen molar-refractivity contribution in [3.8, 4) is 0 Å². The lowest BCUT2D eigenvalue weighted by Gasteiger charge is -2.12. The Kier molecular flexibility index (Phi) is 5.59. The summed E-state index contributed by atoms with van der Waals surface area (Å²) in [6.45, 7) is 1.25. The zero-order valence-corrected chi connectivity index (χ0v) is 11.7. The van der Waals surface area contributed by atoms with Crippen LogP contribution in [0.2, 0.25) is 0 Å². The van der Waals surface area contributed by atoms with E-state index in [0.717, 1.165) is 26.4 Å². The number of methoxy groups -OCH3 is 2. The van der Waals surface area contributed by atoms with E-state index >= 15 is 0 Å². The largest absolute Gasteiger partial charge is 0.466 e. The van der Waals surface area contributed by atoms with Gasteiger partial charge in [0.1, 0.15) is 11.5 Å². The fourth-order valence-electron chi connectivity index (χ4n) is 1.51. The first-order chi connectivity index (χ1) is 9.90. The molecule has 7 heteroatoms. The molecule has 0 aromatic heterocycles. The lowest BCUT2D eigenvalue weighted by molar-refractivity contribution is -0.138. The van der Waals surface area contributed by atoms with Gasteiger partial charge in [-0.2, -0.15) is 0 Å². The molecule has 0 fully saturated rings. The molecule has 1 aromatic carbocycles. The van der Waals surface area contributed by atoms with E-state index in [1.807, 2.05) is 0 Å². The molecule has 0 atom stereocenters. The number of esters is 2. The highest BCUT2D eigenvalue weighted by atomic mass is 19.1. The number of ketones is 1. The molecule has 1 rings (SSSR count). The number of Topliss-reactive ketones (excluding diaryl/α,β-unsaturated/α-hetero) is 1. The SMILES string of the molecule is COC(=O)/C=C(/Nc1c(F)cccc1C(C)=O)C(=O)OC. The number of ether oxygens (including phenoxy) is 2. The number of hydrogen-bond donors (Lipinski definition) is 1. The van der Waals surface area contributed by atoms with Crippen LogP contribution < -0.4 is 5.32 Å². The summed E-state index contributed by atoms with van der Waals surface area (Å²) in [5.74, 6) is -2.89. The lowest BCUT2D eigenvalue weighted by Crippen LogP contribution is -2.17. The van der Waals surface area contributed by atoms with E-state index < -0.39 is 23.5 Å². The molecule has 0 aliphatic heterocycles. The highest BCUT2D eigenvalue weighted by molar-refractivity contribution is 6.03. The number of carbonyl (C=O) groups excluding carboxylic acids is 3. The van der Waals surface area contributed by atoms with Gasteiger partial charge in [0, 0.05) is 5.56 Å².